The van der Waals surface area contributed by atoms with Crippen molar-refractivity contribution in [1.82, 2.24) is 0 Å². The Hall–Kier alpha value is -0.160. The van der Waals surface area contributed by atoms with Crippen LogP contribution in [0.25, 0.3) is 0 Å². The fourth-order valence-electron chi connectivity index (χ4n) is 1.63. The van der Waals surface area contributed by atoms with E-state index in [1.165, 1.54) is 0 Å². The average Bonchev–Trinajstić information content (AvgIpc) is 2.58. The van der Waals surface area contributed by atoms with Gasteiger partial charge in [-0.15, -0.1) is 0 Å². The summed E-state index contributed by atoms with van der Waals surface area (Å²) >= 11 is 0. The lowest BCUT2D eigenvalue weighted by molar-refractivity contribution is -0.0765. The monoisotopic (exact) mass is 190 g/mol. The number of hydrogen-bond donors (Lipinski definition) is 0. The Morgan fingerprint density at radius 1 is 1.23 bits per heavy atom. The van der Waals surface area contributed by atoms with Crippen molar-refractivity contribution in [2.45, 2.75) is 31.3 Å². The van der Waals surface area contributed by atoms with Gasteiger partial charge in [0.15, 0.2) is 0 Å². The van der Waals surface area contributed by atoms with Crippen molar-refractivity contribution in [3.8, 4) is 0 Å². The molecule has 0 N–H and O–H groups in total. The second-order valence-electron chi connectivity index (χ2n) is 3.21. The van der Waals surface area contributed by atoms with Gasteiger partial charge < -0.3 is 18.9 Å². The molecular formula is C9H18O4. The Labute approximate surface area is 79.1 Å². The quantitative estimate of drug-likeness (QED) is 0.645. The van der Waals surface area contributed by atoms with Crippen molar-refractivity contribution in [2.24, 2.45) is 0 Å². The smallest absolute Gasteiger partial charge is 0.114 e. The van der Waals surface area contributed by atoms with E-state index < -0.39 is 0 Å². The summed E-state index contributed by atoms with van der Waals surface area (Å²) in [6.45, 7) is 2.54. The van der Waals surface area contributed by atoms with Crippen LogP contribution in [-0.4, -0.2) is 52.4 Å². The first-order chi connectivity index (χ1) is 6.24. The predicted molar refractivity (Wildman–Crippen MR) is 47.8 cm³/mol. The number of methoxy groups -OCH3 is 3. The maximum absolute atomic E-state index is 5.54. The minimum absolute atomic E-state index is 0.0209. The number of hydrogen-bond acceptors (Lipinski definition) is 4. The van der Waals surface area contributed by atoms with E-state index in [1.54, 1.807) is 21.3 Å². The highest BCUT2D eigenvalue weighted by Gasteiger charge is 2.40. The van der Waals surface area contributed by atoms with Gasteiger partial charge in [0.2, 0.25) is 0 Å². The Kier molecular flexibility index (Phi) is 4.12. The molecule has 4 atom stereocenters. The van der Waals surface area contributed by atoms with Gasteiger partial charge in [0.25, 0.3) is 0 Å². The molecule has 0 unspecified atom stereocenters. The second kappa shape index (κ2) is 4.91. The van der Waals surface area contributed by atoms with E-state index in [0.717, 1.165) is 0 Å². The van der Waals surface area contributed by atoms with E-state index in [9.17, 15) is 0 Å². The lowest BCUT2D eigenvalue weighted by Crippen LogP contribution is -2.40. The van der Waals surface area contributed by atoms with Crippen molar-refractivity contribution in [2.75, 3.05) is 27.9 Å². The van der Waals surface area contributed by atoms with E-state index in [2.05, 4.69) is 0 Å². The van der Waals surface area contributed by atoms with Crippen LogP contribution in [0, 0.1) is 0 Å². The second-order valence-corrected chi connectivity index (χ2v) is 3.21. The van der Waals surface area contributed by atoms with Gasteiger partial charge in [-0.05, 0) is 6.92 Å². The third-order valence-electron chi connectivity index (χ3n) is 2.55. The molecule has 0 aromatic heterocycles. The molecule has 1 heterocycles. The molecule has 0 amide bonds. The molecule has 1 saturated heterocycles. The molecule has 0 saturated carbocycles. The maximum Gasteiger partial charge on any atom is 0.114 e. The Morgan fingerprint density at radius 2 is 1.92 bits per heavy atom. The molecule has 0 radical (unpaired) electrons. The summed E-state index contributed by atoms with van der Waals surface area (Å²) in [5, 5.41) is 0. The molecule has 0 aromatic carbocycles. The number of ether oxygens (including phenoxy) is 4. The molecule has 13 heavy (non-hydrogen) atoms. The van der Waals surface area contributed by atoms with E-state index in [4.69, 9.17) is 18.9 Å². The molecule has 0 aromatic rings. The normalized spacial score (nSPS) is 36.5. The lowest BCUT2D eigenvalue weighted by atomic mass is 10.1. The Bertz CT molecular complexity index is 151. The fraction of sp³-hybridized carbons (Fsp3) is 1.00. The summed E-state index contributed by atoms with van der Waals surface area (Å²) in [6, 6.07) is 0. The summed E-state index contributed by atoms with van der Waals surface area (Å²) in [5.41, 5.74) is 0. The first-order valence-electron chi connectivity index (χ1n) is 4.44. The van der Waals surface area contributed by atoms with Crippen LogP contribution in [0.2, 0.25) is 0 Å². The van der Waals surface area contributed by atoms with Crippen LogP contribution in [0.1, 0.15) is 6.92 Å². The predicted octanol–water partition coefficient (Wildman–Crippen LogP) is 0.450. The summed E-state index contributed by atoms with van der Waals surface area (Å²) in [7, 11) is 5.00. The largest absolute Gasteiger partial charge is 0.379 e. The van der Waals surface area contributed by atoms with E-state index in [1.807, 2.05) is 6.92 Å². The highest BCUT2D eigenvalue weighted by molar-refractivity contribution is 4.88. The third kappa shape index (κ3) is 2.20. The molecule has 4 nitrogen and oxygen atoms in total. The third-order valence-corrected chi connectivity index (χ3v) is 2.55. The van der Waals surface area contributed by atoms with Gasteiger partial charge in [-0.2, -0.15) is 0 Å². The summed E-state index contributed by atoms with van der Waals surface area (Å²) in [6.07, 6.45) is -0.00222. The Morgan fingerprint density at radius 3 is 2.38 bits per heavy atom. The molecule has 1 aliphatic heterocycles. The van der Waals surface area contributed by atoms with E-state index in [-0.39, 0.29) is 24.4 Å². The van der Waals surface area contributed by atoms with Crippen LogP contribution in [0.4, 0.5) is 0 Å². The van der Waals surface area contributed by atoms with Gasteiger partial charge in [-0.1, -0.05) is 0 Å². The zero-order valence-electron chi connectivity index (χ0n) is 8.65. The molecule has 78 valence electrons. The summed E-state index contributed by atoms with van der Waals surface area (Å²) in [4.78, 5) is 0. The van der Waals surface area contributed by atoms with Crippen LogP contribution in [0.3, 0.4) is 0 Å². The topological polar surface area (TPSA) is 36.9 Å². The highest BCUT2D eigenvalue weighted by atomic mass is 16.6. The van der Waals surface area contributed by atoms with Crippen molar-refractivity contribution in [3.05, 3.63) is 0 Å². The van der Waals surface area contributed by atoms with Gasteiger partial charge in [-0.3, -0.25) is 0 Å². The highest BCUT2D eigenvalue weighted by Crippen LogP contribution is 2.23. The molecule has 4 heteroatoms. The van der Waals surface area contributed by atoms with E-state index >= 15 is 0 Å². The first kappa shape index (κ1) is 10.9. The van der Waals surface area contributed by atoms with Crippen LogP contribution in [0.15, 0.2) is 0 Å². The minimum atomic E-state index is -0.0278. The fourth-order valence-corrected chi connectivity index (χ4v) is 1.63. The maximum atomic E-state index is 5.54. The van der Waals surface area contributed by atoms with Crippen molar-refractivity contribution in [1.29, 1.82) is 0 Å². The van der Waals surface area contributed by atoms with Gasteiger partial charge in [0, 0.05) is 21.3 Å². The molecule has 1 rings (SSSR count). The van der Waals surface area contributed by atoms with Crippen LogP contribution >= 0.6 is 0 Å². The van der Waals surface area contributed by atoms with Crippen molar-refractivity contribution >= 4 is 0 Å². The number of rotatable bonds is 4. The first-order valence-corrected chi connectivity index (χ1v) is 4.44. The average molecular weight is 190 g/mol. The van der Waals surface area contributed by atoms with Crippen molar-refractivity contribution in [3.63, 3.8) is 0 Å². The van der Waals surface area contributed by atoms with Crippen LogP contribution in [0.5, 0.6) is 0 Å². The minimum Gasteiger partial charge on any atom is -0.379 e. The van der Waals surface area contributed by atoms with Gasteiger partial charge in [0.1, 0.15) is 18.3 Å². The Balaban J connectivity index is 2.56. The zero-order valence-corrected chi connectivity index (χ0v) is 8.65. The van der Waals surface area contributed by atoms with E-state index in [0.29, 0.717) is 6.61 Å². The van der Waals surface area contributed by atoms with Crippen LogP contribution < -0.4 is 0 Å². The zero-order chi connectivity index (χ0) is 9.84. The molecule has 0 aliphatic carbocycles. The van der Waals surface area contributed by atoms with Gasteiger partial charge in [0.05, 0.1) is 12.7 Å². The molecular weight excluding hydrogens is 172 g/mol. The molecule has 0 bridgehead atoms. The van der Waals surface area contributed by atoms with Gasteiger partial charge >= 0.3 is 0 Å². The molecule has 1 fully saturated rings. The van der Waals surface area contributed by atoms with Crippen LogP contribution in [-0.2, 0) is 18.9 Å². The lowest BCUT2D eigenvalue weighted by Gasteiger charge is -2.24. The SMILES string of the molecule is CO[C@H]1[C@H]([C@@H](C)OC)OC[C@@H]1OC. The molecule has 1 aliphatic rings. The van der Waals surface area contributed by atoms with Crippen molar-refractivity contribution < 1.29 is 18.9 Å². The van der Waals surface area contributed by atoms with Gasteiger partial charge in [-0.25, -0.2) is 0 Å². The standard InChI is InChI=1S/C9H18O4/c1-6(10-2)8-9(12-4)7(11-3)5-13-8/h6-9H,5H2,1-4H3/t6-,7+,8+,9-/m1/s1. The summed E-state index contributed by atoms with van der Waals surface area (Å²) in [5.74, 6) is 0. The molecule has 0 spiro atoms. The summed E-state index contributed by atoms with van der Waals surface area (Å²) < 4.78 is 21.3.